The van der Waals surface area contributed by atoms with Crippen molar-refractivity contribution < 1.29 is 4.79 Å². The molecule has 0 bridgehead atoms. The first-order valence-electron chi connectivity index (χ1n) is 3.39. The lowest BCUT2D eigenvalue weighted by Gasteiger charge is -1.94. The molecule has 5 heteroatoms. The largest absolute Gasteiger partial charge is 0.274 e. The van der Waals surface area contributed by atoms with Crippen molar-refractivity contribution in [2.75, 3.05) is 0 Å². The summed E-state index contributed by atoms with van der Waals surface area (Å²) < 4.78 is 0. The zero-order chi connectivity index (χ0) is 8.97. The van der Waals surface area contributed by atoms with Crippen molar-refractivity contribution in [1.29, 1.82) is 0 Å². The molecule has 1 amide bonds. The fourth-order valence-corrected chi connectivity index (χ4v) is 1.21. The molecule has 0 radical (unpaired) electrons. The van der Waals surface area contributed by atoms with E-state index in [9.17, 15) is 4.79 Å². The molecule has 0 aromatic carbocycles. The van der Waals surface area contributed by atoms with Gasteiger partial charge in [0.15, 0.2) is 0 Å². The molecule has 0 aliphatic carbocycles. The third kappa shape index (κ3) is 2.43. The van der Waals surface area contributed by atoms with E-state index in [2.05, 4.69) is 15.5 Å². The van der Waals surface area contributed by atoms with Crippen molar-refractivity contribution in [2.45, 2.75) is 13.8 Å². The van der Waals surface area contributed by atoms with Gasteiger partial charge >= 0.3 is 0 Å². The molecule has 0 spiro atoms. The summed E-state index contributed by atoms with van der Waals surface area (Å²) in [6, 6.07) is 0. The van der Waals surface area contributed by atoms with Gasteiger partial charge in [-0.3, -0.25) is 4.79 Å². The van der Waals surface area contributed by atoms with E-state index >= 15 is 0 Å². The van der Waals surface area contributed by atoms with E-state index in [4.69, 9.17) is 0 Å². The Labute approximate surface area is 74.3 Å². The SMILES string of the molecule is CC(=O)N/N=C(\C)c1cscn1. The molecule has 1 aromatic rings. The normalized spacial score (nSPS) is 11.3. The van der Waals surface area contributed by atoms with Crippen molar-refractivity contribution in [3.63, 3.8) is 0 Å². The van der Waals surface area contributed by atoms with Crippen LogP contribution in [0.15, 0.2) is 16.0 Å². The molecular weight excluding hydrogens is 174 g/mol. The summed E-state index contributed by atoms with van der Waals surface area (Å²) in [6.07, 6.45) is 0. The molecule has 1 aromatic heterocycles. The van der Waals surface area contributed by atoms with Crippen LogP contribution in [0.5, 0.6) is 0 Å². The predicted octanol–water partition coefficient (Wildman–Crippen LogP) is 1.00. The maximum absolute atomic E-state index is 10.5. The second-order valence-corrected chi connectivity index (χ2v) is 2.96. The minimum absolute atomic E-state index is 0.176. The fourth-order valence-electron chi connectivity index (χ4n) is 0.611. The summed E-state index contributed by atoms with van der Waals surface area (Å²) in [5.41, 5.74) is 5.59. The Morgan fingerprint density at radius 1 is 1.67 bits per heavy atom. The highest BCUT2D eigenvalue weighted by Gasteiger charge is 1.98. The van der Waals surface area contributed by atoms with Crippen molar-refractivity contribution in [3.8, 4) is 0 Å². The zero-order valence-corrected chi connectivity index (χ0v) is 7.68. The van der Waals surface area contributed by atoms with Gasteiger partial charge in [0.2, 0.25) is 5.91 Å². The Bertz CT molecular complexity index is 292. The number of aromatic nitrogens is 1. The summed E-state index contributed by atoms with van der Waals surface area (Å²) in [5.74, 6) is -0.176. The highest BCUT2D eigenvalue weighted by molar-refractivity contribution is 7.07. The molecule has 0 saturated heterocycles. The Hall–Kier alpha value is -1.23. The van der Waals surface area contributed by atoms with Crippen LogP contribution in [0.25, 0.3) is 0 Å². The van der Waals surface area contributed by atoms with Gasteiger partial charge in [0.25, 0.3) is 0 Å². The third-order valence-electron chi connectivity index (χ3n) is 1.18. The molecule has 1 rings (SSSR count). The molecule has 0 unspecified atom stereocenters. The zero-order valence-electron chi connectivity index (χ0n) is 6.87. The average molecular weight is 183 g/mol. The van der Waals surface area contributed by atoms with Crippen LogP contribution < -0.4 is 5.43 Å². The van der Waals surface area contributed by atoms with Crippen LogP contribution in [0.2, 0.25) is 0 Å². The van der Waals surface area contributed by atoms with E-state index in [-0.39, 0.29) is 5.91 Å². The number of carbonyl (C=O) groups is 1. The summed E-state index contributed by atoms with van der Waals surface area (Å²) >= 11 is 1.50. The first-order chi connectivity index (χ1) is 5.70. The van der Waals surface area contributed by atoms with Gasteiger partial charge in [0, 0.05) is 12.3 Å². The van der Waals surface area contributed by atoms with E-state index in [0.717, 1.165) is 5.69 Å². The second-order valence-electron chi connectivity index (χ2n) is 2.24. The molecule has 4 nitrogen and oxygen atoms in total. The first-order valence-corrected chi connectivity index (χ1v) is 4.34. The van der Waals surface area contributed by atoms with Crippen molar-refractivity contribution in [2.24, 2.45) is 5.10 Å². The molecule has 0 aliphatic heterocycles. The van der Waals surface area contributed by atoms with E-state index in [1.54, 1.807) is 12.4 Å². The Morgan fingerprint density at radius 2 is 2.42 bits per heavy atom. The molecule has 0 atom stereocenters. The van der Waals surface area contributed by atoms with Gasteiger partial charge in [0.1, 0.15) is 0 Å². The van der Waals surface area contributed by atoms with Gasteiger partial charge in [-0.15, -0.1) is 11.3 Å². The number of carbonyl (C=O) groups excluding carboxylic acids is 1. The fraction of sp³-hybridized carbons (Fsp3) is 0.286. The van der Waals surface area contributed by atoms with Gasteiger partial charge in [-0.25, -0.2) is 10.4 Å². The standard InChI is InChI=1S/C7H9N3OS/c1-5(9-10-6(2)11)7-3-12-4-8-7/h3-4H,1-2H3,(H,10,11)/b9-5+. The quantitative estimate of drug-likeness (QED) is 0.549. The van der Waals surface area contributed by atoms with Crippen molar-refractivity contribution in [3.05, 3.63) is 16.6 Å². The molecule has 1 N–H and O–H groups in total. The van der Waals surface area contributed by atoms with Crippen LogP contribution >= 0.6 is 11.3 Å². The van der Waals surface area contributed by atoms with Crippen LogP contribution in [0.3, 0.4) is 0 Å². The third-order valence-corrected chi connectivity index (χ3v) is 1.77. The Morgan fingerprint density at radius 3 is 2.92 bits per heavy atom. The molecule has 1 heterocycles. The van der Waals surface area contributed by atoms with E-state index in [1.165, 1.54) is 18.3 Å². The monoisotopic (exact) mass is 183 g/mol. The summed E-state index contributed by atoms with van der Waals surface area (Å²) in [4.78, 5) is 14.5. The summed E-state index contributed by atoms with van der Waals surface area (Å²) in [6.45, 7) is 3.21. The Kier molecular flexibility index (Phi) is 2.93. The van der Waals surface area contributed by atoms with Crippen LogP contribution in [0.1, 0.15) is 19.5 Å². The van der Waals surface area contributed by atoms with Gasteiger partial charge < -0.3 is 0 Å². The lowest BCUT2D eigenvalue weighted by molar-refractivity contribution is -0.118. The number of rotatable bonds is 2. The molecule has 12 heavy (non-hydrogen) atoms. The lowest BCUT2D eigenvalue weighted by Crippen LogP contribution is -2.15. The van der Waals surface area contributed by atoms with Crippen LogP contribution in [0, 0.1) is 0 Å². The maximum Gasteiger partial charge on any atom is 0.236 e. The first kappa shape index (κ1) is 8.86. The lowest BCUT2D eigenvalue weighted by atomic mass is 10.3. The smallest absolute Gasteiger partial charge is 0.236 e. The van der Waals surface area contributed by atoms with E-state index < -0.39 is 0 Å². The predicted molar refractivity (Wildman–Crippen MR) is 48.1 cm³/mol. The van der Waals surface area contributed by atoms with E-state index in [1.807, 2.05) is 5.38 Å². The maximum atomic E-state index is 10.5. The van der Waals surface area contributed by atoms with Gasteiger partial charge in [-0.1, -0.05) is 0 Å². The molecule has 0 fully saturated rings. The summed E-state index contributed by atoms with van der Waals surface area (Å²) in [5, 5.41) is 5.70. The highest BCUT2D eigenvalue weighted by atomic mass is 32.1. The van der Waals surface area contributed by atoms with Crippen LogP contribution in [-0.2, 0) is 4.79 Å². The Balaban J connectivity index is 2.65. The van der Waals surface area contributed by atoms with Gasteiger partial charge in [-0.05, 0) is 6.92 Å². The number of amides is 1. The van der Waals surface area contributed by atoms with Crippen molar-refractivity contribution >= 4 is 23.0 Å². The van der Waals surface area contributed by atoms with Crippen molar-refractivity contribution in [1.82, 2.24) is 10.4 Å². The van der Waals surface area contributed by atoms with Crippen LogP contribution in [0.4, 0.5) is 0 Å². The second kappa shape index (κ2) is 3.96. The number of nitrogens with zero attached hydrogens (tertiary/aromatic N) is 2. The van der Waals surface area contributed by atoms with Crippen LogP contribution in [-0.4, -0.2) is 16.6 Å². The molecule has 64 valence electrons. The molecular formula is C7H9N3OS. The van der Waals surface area contributed by atoms with Gasteiger partial charge in [-0.2, -0.15) is 5.10 Å². The summed E-state index contributed by atoms with van der Waals surface area (Å²) in [7, 11) is 0. The minimum atomic E-state index is -0.176. The minimum Gasteiger partial charge on any atom is -0.274 e. The van der Waals surface area contributed by atoms with Gasteiger partial charge in [0.05, 0.1) is 16.9 Å². The average Bonchev–Trinajstić information content (AvgIpc) is 2.51. The number of hydrazone groups is 1. The topological polar surface area (TPSA) is 54.4 Å². The highest BCUT2D eigenvalue weighted by Crippen LogP contribution is 2.01. The molecule has 0 aliphatic rings. The number of thiazole rings is 1. The molecule has 0 saturated carbocycles. The van der Waals surface area contributed by atoms with E-state index in [0.29, 0.717) is 5.71 Å². The number of hydrogen-bond donors (Lipinski definition) is 1. The number of hydrogen-bond acceptors (Lipinski definition) is 4. The number of nitrogens with one attached hydrogen (secondary N) is 1.